The number of carbonyl (C=O) groups is 1. The van der Waals surface area contributed by atoms with Gasteiger partial charge in [-0.15, -0.1) is 12.4 Å². The second-order valence-corrected chi connectivity index (χ2v) is 3.81. The Labute approximate surface area is 109 Å². The van der Waals surface area contributed by atoms with Crippen LogP contribution >= 0.6 is 12.4 Å². The molecule has 1 aromatic heterocycles. The molecule has 1 heterocycles. The number of aryl methyl sites for hydroxylation is 1. The lowest BCUT2D eigenvalue weighted by Crippen LogP contribution is -2.08. The van der Waals surface area contributed by atoms with Crippen LogP contribution in [0.4, 0.5) is 5.69 Å². The number of aromatic nitrogens is 1. The fraction of sp³-hybridized carbons (Fsp3) is 0.583. The summed E-state index contributed by atoms with van der Waals surface area (Å²) < 4.78 is 6.99. The van der Waals surface area contributed by atoms with E-state index in [9.17, 15) is 4.79 Å². The van der Waals surface area contributed by atoms with Crippen molar-refractivity contribution in [3.8, 4) is 0 Å². The molecule has 0 saturated heterocycles. The van der Waals surface area contributed by atoms with Gasteiger partial charge in [-0.3, -0.25) is 0 Å². The predicted molar refractivity (Wildman–Crippen MR) is 71.7 cm³/mol. The highest BCUT2D eigenvalue weighted by Crippen LogP contribution is 2.20. The molecule has 0 aliphatic rings. The maximum Gasteiger partial charge on any atom is 0.342 e. The molecule has 0 fully saturated rings. The van der Waals surface area contributed by atoms with Gasteiger partial charge in [0.25, 0.3) is 0 Å². The van der Waals surface area contributed by atoms with Crippen molar-refractivity contribution in [1.82, 2.24) is 4.57 Å². The van der Waals surface area contributed by atoms with Gasteiger partial charge in [0, 0.05) is 18.4 Å². The molecule has 1 aromatic rings. The Morgan fingerprint density at radius 2 is 2.12 bits per heavy atom. The van der Waals surface area contributed by atoms with Crippen molar-refractivity contribution in [2.45, 2.75) is 40.2 Å². The zero-order chi connectivity index (χ0) is 12.1. The van der Waals surface area contributed by atoms with Gasteiger partial charge < -0.3 is 15.0 Å². The number of hydrogen-bond donors (Lipinski definition) is 1. The van der Waals surface area contributed by atoms with Gasteiger partial charge in [-0.25, -0.2) is 4.79 Å². The summed E-state index contributed by atoms with van der Waals surface area (Å²) in [5.74, 6) is -0.326. The number of unbranched alkanes of at least 4 members (excludes halogenated alkanes) is 1. The first-order chi connectivity index (χ1) is 7.61. The van der Waals surface area contributed by atoms with Gasteiger partial charge >= 0.3 is 5.97 Å². The van der Waals surface area contributed by atoms with Gasteiger partial charge in [-0.2, -0.15) is 0 Å². The Morgan fingerprint density at radius 1 is 1.47 bits per heavy atom. The minimum absolute atomic E-state index is 0. The number of carbonyl (C=O) groups excluding carboxylic acids is 1. The van der Waals surface area contributed by atoms with Gasteiger partial charge in [0.15, 0.2) is 0 Å². The third-order valence-corrected chi connectivity index (χ3v) is 2.61. The molecule has 17 heavy (non-hydrogen) atoms. The zero-order valence-electron chi connectivity index (χ0n) is 10.7. The number of nitrogens with two attached hydrogens (primary N) is 1. The van der Waals surface area contributed by atoms with Crippen molar-refractivity contribution in [2.75, 3.05) is 12.3 Å². The van der Waals surface area contributed by atoms with Gasteiger partial charge in [0.1, 0.15) is 5.56 Å². The second-order valence-electron chi connectivity index (χ2n) is 3.81. The van der Waals surface area contributed by atoms with Crippen molar-refractivity contribution >= 4 is 24.1 Å². The average Bonchev–Trinajstić information content (AvgIpc) is 2.51. The Balaban J connectivity index is 0.00000256. The molecule has 0 spiro atoms. The molecule has 0 saturated carbocycles. The van der Waals surface area contributed by atoms with Crippen LogP contribution in [0.15, 0.2) is 6.20 Å². The number of hydrogen-bond acceptors (Lipinski definition) is 3. The van der Waals surface area contributed by atoms with E-state index in [0.29, 0.717) is 17.9 Å². The van der Waals surface area contributed by atoms with E-state index in [2.05, 4.69) is 6.92 Å². The summed E-state index contributed by atoms with van der Waals surface area (Å²) in [7, 11) is 0. The molecule has 1 rings (SSSR count). The third-order valence-electron chi connectivity index (χ3n) is 2.61. The zero-order valence-corrected chi connectivity index (χ0v) is 11.5. The highest BCUT2D eigenvalue weighted by molar-refractivity contribution is 5.96. The number of nitrogens with zero attached hydrogens (tertiary/aromatic N) is 1. The van der Waals surface area contributed by atoms with Crippen LogP contribution < -0.4 is 5.73 Å². The monoisotopic (exact) mass is 260 g/mol. The third kappa shape index (κ3) is 3.66. The van der Waals surface area contributed by atoms with Gasteiger partial charge in [-0.05, 0) is 20.3 Å². The Morgan fingerprint density at radius 3 is 2.65 bits per heavy atom. The van der Waals surface area contributed by atoms with E-state index in [1.54, 1.807) is 6.92 Å². The summed E-state index contributed by atoms with van der Waals surface area (Å²) in [6, 6.07) is 0. The molecular weight excluding hydrogens is 240 g/mol. The van der Waals surface area contributed by atoms with E-state index < -0.39 is 0 Å². The van der Waals surface area contributed by atoms with Crippen LogP contribution in [0.25, 0.3) is 0 Å². The fourth-order valence-corrected chi connectivity index (χ4v) is 1.71. The minimum Gasteiger partial charge on any atom is -0.462 e. The molecular formula is C12H21ClN2O2. The smallest absolute Gasteiger partial charge is 0.342 e. The van der Waals surface area contributed by atoms with Crippen molar-refractivity contribution in [1.29, 1.82) is 0 Å². The number of rotatable bonds is 5. The van der Waals surface area contributed by atoms with E-state index in [1.165, 1.54) is 0 Å². The topological polar surface area (TPSA) is 57.2 Å². The highest BCUT2D eigenvalue weighted by Gasteiger charge is 2.18. The Bertz CT molecular complexity index is 375. The minimum atomic E-state index is -0.326. The maximum absolute atomic E-state index is 11.7. The summed E-state index contributed by atoms with van der Waals surface area (Å²) in [4.78, 5) is 11.7. The molecule has 2 N–H and O–H groups in total. The van der Waals surface area contributed by atoms with Crippen LogP contribution in [0.1, 0.15) is 42.7 Å². The number of ether oxygens (including phenoxy) is 1. The van der Waals surface area contributed by atoms with Crippen molar-refractivity contribution in [2.24, 2.45) is 0 Å². The summed E-state index contributed by atoms with van der Waals surface area (Å²) in [5, 5.41) is 0. The van der Waals surface area contributed by atoms with E-state index in [0.717, 1.165) is 25.1 Å². The summed E-state index contributed by atoms with van der Waals surface area (Å²) >= 11 is 0. The second kappa shape index (κ2) is 7.22. The van der Waals surface area contributed by atoms with Crippen LogP contribution in [0.2, 0.25) is 0 Å². The summed E-state index contributed by atoms with van der Waals surface area (Å²) in [6.07, 6.45) is 4.01. The van der Waals surface area contributed by atoms with E-state index in [-0.39, 0.29) is 18.4 Å². The quantitative estimate of drug-likeness (QED) is 0.829. The van der Waals surface area contributed by atoms with Crippen LogP contribution in [0.3, 0.4) is 0 Å². The Hall–Kier alpha value is -1.16. The molecule has 5 heteroatoms. The largest absolute Gasteiger partial charge is 0.462 e. The SMILES string of the molecule is CCCCn1cc(N)c(C(=O)OCC)c1C.Cl. The van der Waals surface area contributed by atoms with E-state index in [1.807, 2.05) is 17.7 Å². The van der Waals surface area contributed by atoms with E-state index >= 15 is 0 Å². The molecule has 0 unspecified atom stereocenters. The molecule has 98 valence electrons. The molecule has 0 bridgehead atoms. The first-order valence-electron chi connectivity index (χ1n) is 5.74. The normalized spacial score (nSPS) is 9.82. The molecule has 0 radical (unpaired) electrons. The lowest BCUT2D eigenvalue weighted by molar-refractivity contribution is 0.0526. The first kappa shape index (κ1) is 15.8. The first-order valence-corrected chi connectivity index (χ1v) is 5.74. The number of anilines is 1. The van der Waals surface area contributed by atoms with E-state index in [4.69, 9.17) is 10.5 Å². The molecule has 0 aliphatic carbocycles. The lowest BCUT2D eigenvalue weighted by Gasteiger charge is -2.06. The van der Waals surface area contributed by atoms with Gasteiger partial charge in [-0.1, -0.05) is 13.3 Å². The fourth-order valence-electron chi connectivity index (χ4n) is 1.71. The van der Waals surface area contributed by atoms with Crippen molar-refractivity contribution in [3.63, 3.8) is 0 Å². The number of halogens is 1. The van der Waals surface area contributed by atoms with Crippen LogP contribution in [0, 0.1) is 6.92 Å². The number of nitrogen functional groups attached to an aromatic ring is 1. The van der Waals surface area contributed by atoms with Crippen molar-refractivity contribution in [3.05, 3.63) is 17.5 Å². The summed E-state index contributed by atoms with van der Waals surface area (Å²) in [6.45, 7) is 7.09. The highest BCUT2D eigenvalue weighted by atomic mass is 35.5. The van der Waals surface area contributed by atoms with Crippen molar-refractivity contribution < 1.29 is 9.53 Å². The Kier molecular flexibility index (Phi) is 6.73. The molecule has 0 amide bonds. The van der Waals surface area contributed by atoms with Crippen LogP contribution in [-0.2, 0) is 11.3 Å². The standard InChI is InChI=1S/C12H20N2O2.ClH/c1-4-6-7-14-8-10(13)11(9(14)3)12(15)16-5-2;/h8H,4-7,13H2,1-3H3;1H. The number of esters is 1. The van der Waals surface area contributed by atoms with Gasteiger partial charge in [0.2, 0.25) is 0 Å². The molecule has 4 nitrogen and oxygen atoms in total. The maximum atomic E-state index is 11.7. The summed E-state index contributed by atoms with van der Waals surface area (Å²) in [5.41, 5.74) is 7.73. The lowest BCUT2D eigenvalue weighted by atomic mass is 10.2. The molecule has 0 aromatic carbocycles. The van der Waals surface area contributed by atoms with Crippen LogP contribution in [0.5, 0.6) is 0 Å². The van der Waals surface area contributed by atoms with Gasteiger partial charge in [0.05, 0.1) is 12.3 Å². The molecule has 0 atom stereocenters. The average molecular weight is 261 g/mol. The predicted octanol–water partition coefficient (Wildman–Crippen LogP) is 2.78. The van der Waals surface area contributed by atoms with Crippen LogP contribution in [-0.4, -0.2) is 17.1 Å². The molecule has 0 aliphatic heterocycles.